The van der Waals surface area contributed by atoms with Gasteiger partial charge in [0.15, 0.2) is 5.60 Å². The second-order valence-electron chi connectivity index (χ2n) is 10.2. The van der Waals surface area contributed by atoms with Crippen LogP contribution in [-0.4, -0.2) is 57.3 Å². The van der Waals surface area contributed by atoms with Crippen LogP contribution in [0.25, 0.3) is 0 Å². The molecule has 0 bridgehead atoms. The van der Waals surface area contributed by atoms with Gasteiger partial charge in [0.25, 0.3) is 0 Å². The topological polar surface area (TPSA) is 113 Å². The molecule has 0 aromatic carbocycles. The Balaban J connectivity index is 2.11. The van der Waals surface area contributed by atoms with Gasteiger partial charge < -0.3 is 24.8 Å². The van der Waals surface area contributed by atoms with Crippen molar-refractivity contribution in [1.82, 2.24) is 0 Å². The number of hydrogen-bond donors (Lipinski definition) is 3. The molecule has 2 saturated carbocycles. The molecule has 3 aliphatic carbocycles. The molecule has 3 N–H and O–H groups in total. The maximum Gasteiger partial charge on any atom is 0.306 e. The van der Waals surface area contributed by atoms with E-state index in [1.807, 2.05) is 33.8 Å². The molecule has 0 aliphatic heterocycles. The number of fused-ring (bicyclic) bond motifs is 3. The summed E-state index contributed by atoms with van der Waals surface area (Å²) < 4.78 is 12.1. The molecule has 3 aliphatic rings. The Morgan fingerprint density at radius 1 is 1.16 bits per heavy atom. The van der Waals surface area contributed by atoms with E-state index >= 15 is 0 Å². The van der Waals surface area contributed by atoms with E-state index in [0.717, 1.165) is 0 Å². The molecular weight excluding hydrogens is 400 g/mol. The van der Waals surface area contributed by atoms with Crippen LogP contribution in [0.4, 0.5) is 0 Å². The predicted octanol–water partition coefficient (Wildman–Crippen LogP) is 2.51. The molecule has 176 valence electrons. The van der Waals surface area contributed by atoms with E-state index < -0.39 is 40.7 Å². The van der Waals surface area contributed by atoms with Crippen LogP contribution in [0.5, 0.6) is 0 Å². The lowest BCUT2D eigenvalue weighted by atomic mass is 9.64. The highest BCUT2D eigenvalue weighted by Gasteiger charge is 2.86. The van der Waals surface area contributed by atoms with Crippen LogP contribution in [0.15, 0.2) is 11.6 Å². The summed E-state index contributed by atoms with van der Waals surface area (Å²) >= 11 is 0. The highest BCUT2D eigenvalue weighted by atomic mass is 16.6. The Morgan fingerprint density at radius 3 is 2.35 bits per heavy atom. The largest absolute Gasteiger partial charge is 0.458 e. The van der Waals surface area contributed by atoms with Gasteiger partial charge >= 0.3 is 11.9 Å². The average Bonchev–Trinajstić information content (AvgIpc) is 3.20. The molecule has 0 unspecified atom stereocenters. The SMILES string of the molecule is CCCC(=O)O[C@@H]1[C@@H](C)[C@]2(O)C[C@H](O)CC(CO)=C[C@H]2[C@@H]2C(C)(C)[C@]12OC(=O)CCC. The predicted molar refractivity (Wildman–Crippen MR) is 114 cm³/mol. The summed E-state index contributed by atoms with van der Waals surface area (Å²) in [5.74, 6) is -2.03. The molecule has 7 atom stereocenters. The van der Waals surface area contributed by atoms with Crippen molar-refractivity contribution in [3.05, 3.63) is 11.6 Å². The molecule has 31 heavy (non-hydrogen) atoms. The number of rotatable bonds is 7. The van der Waals surface area contributed by atoms with Crippen molar-refractivity contribution in [3.63, 3.8) is 0 Å². The standard InChI is InChI=1S/C24H38O7/c1-6-8-18(27)30-21-14(3)23(29)12-16(26)10-15(13-25)11-17(23)20-22(4,5)24(20,21)31-19(28)9-7-2/h11,14,16-17,20-21,25-26,29H,6-10,12-13H2,1-5H3/t14-,16-,17+,20-,21-,23-,24-/m1/s1. The average molecular weight is 439 g/mol. The van der Waals surface area contributed by atoms with Gasteiger partial charge in [-0.25, -0.2) is 0 Å². The van der Waals surface area contributed by atoms with Crippen LogP contribution >= 0.6 is 0 Å². The van der Waals surface area contributed by atoms with Crippen LogP contribution in [0.2, 0.25) is 0 Å². The van der Waals surface area contributed by atoms with Gasteiger partial charge in [-0.15, -0.1) is 0 Å². The van der Waals surface area contributed by atoms with Crippen LogP contribution in [0.3, 0.4) is 0 Å². The van der Waals surface area contributed by atoms with Crippen molar-refractivity contribution < 1.29 is 34.4 Å². The first-order valence-electron chi connectivity index (χ1n) is 11.6. The maximum absolute atomic E-state index is 12.7. The van der Waals surface area contributed by atoms with E-state index in [2.05, 4.69) is 0 Å². The number of carbonyl (C=O) groups excluding carboxylic acids is 2. The second kappa shape index (κ2) is 8.49. The monoisotopic (exact) mass is 438 g/mol. The summed E-state index contributed by atoms with van der Waals surface area (Å²) in [6.45, 7) is 9.34. The van der Waals surface area contributed by atoms with Crippen LogP contribution < -0.4 is 0 Å². The van der Waals surface area contributed by atoms with Gasteiger partial charge in [0, 0.05) is 42.4 Å². The summed E-state index contributed by atoms with van der Waals surface area (Å²) in [7, 11) is 0. The zero-order valence-electron chi connectivity index (χ0n) is 19.4. The van der Waals surface area contributed by atoms with Gasteiger partial charge in [0.1, 0.15) is 6.10 Å². The van der Waals surface area contributed by atoms with Gasteiger partial charge in [0.05, 0.1) is 18.3 Å². The van der Waals surface area contributed by atoms with Gasteiger partial charge in [-0.3, -0.25) is 9.59 Å². The van der Waals surface area contributed by atoms with Gasteiger partial charge in [-0.05, 0) is 24.8 Å². The molecule has 0 amide bonds. The van der Waals surface area contributed by atoms with Crippen LogP contribution in [-0.2, 0) is 19.1 Å². The third-order valence-corrected chi connectivity index (χ3v) is 7.89. The molecule has 0 heterocycles. The number of hydrogen-bond acceptors (Lipinski definition) is 7. The summed E-state index contributed by atoms with van der Waals surface area (Å²) in [6.07, 6.45) is 2.38. The summed E-state index contributed by atoms with van der Waals surface area (Å²) in [5, 5.41) is 32.3. The van der Waals surface area contributed by atoms with Crippen LogP contribution in [0.1, 0.15) is 73.1 Å². The van der Waals surface area contributed by atoms with E-state index in [4.69, 9.17) is 9.47 Å². The van der Waals surface area contributed by atoms with E-state index in [1.165, 1.54) is 0 Å². The zero-order chi connectivity index (χ0) is 23.2. The second-order valence-corrected chi connectivity index (χ2v) is 10.2. The smallest absolute Gasteiger partial charge is 0.306 e. The number of aliphatic hydroxyl groups is 3. The van der Waals surface area contributed by atoms with Gasteiger partial charge in [0.2, 0.25) is 0 Å². The number of carbonyl (C=O) groups is 2. The lowest BCUT2D eigenvalue weighted by Crippen LogP contribution is -2.61. The minimum atomic E-state index is -1.35. The van der Waals surface area contributed by atoms with Crippen molar-refractivity contribution >= 4 is 11.9 Å². The highest BCUT2D eigenvalue weighted by molar-refractivity contribution is 5.72. The molecule has 3 rings (SSSR count). The molecule has 0 aromatic heterocycles. The molecular formula is C24H38O7. The Hall–Kier alpha value is -1.44. The Morgan fingerprint density at radius 2 is 1.77 bits per heavy atom. The van der Waals surface area contributed by atoms with Crippen molar-refractivity contribution in [3.8, 4) is 0 Å². The van der Waals surface area contributed by atoms with Crippen LogP contribution in [0, 0.1) is 23.2 Å². The van der Waals surface area contributed by atoms with Crippen molar-refractivity contribution in [2.75, 3.05) is 6.61 Å². The maximum atomic E-state index is 12.7. The number of esters is 2. The van der Waals surface area contributed by atoms with E-state index in [-0.39, 0.29) is 50.1 Å². The van der Waals surface area contributed by atoms with Crippen molar-refractivity contribution in [1.29, 1.82) is 0 Å². The molecule has 0 radical (unpaired) electrons. The first kappa shape index (κ1) is 24.2. The number of aliphatic hydroxyl groups excluding tert-OH is 2. The molecule has 0 aromatic rings. The molecule has 7 heteroatoms. The normalized spacial score (nSPS) is 40.6. The van der Waals surface area contributed by atoms with Crippen molar-refractivity contribution in [2.45, 2.75) is 96.6 Å². The fraction of sp³-hybridized carbons (Fsp3) is 0.833. The Bertz CT molecular complexity index is 744. The summed E-state index contributed by atoms with van der Waals surface area (Å²) in [6, 6.07) is 0. The third-order valence-electron chi connectivity index (χ3n) is 7.89. The zero-order valence-corrected chi connectivity index (χ0v) is 19.4. The lowest BCUT2D eigenvalue weighted by Gasteiger charge is -2.49. The Labute approximate surface area is 184 Å². The molecule has 0 spiro atoms. The van der Waals surface area contributed by atoms with E-state index in [9.17, 15) is 24.9 Å². The fourth-order valence-corrected chi connectivity index (χ4v) is 6.33. The Kier molecular flexibility index (Phi) is 6.63. The van der Waals surface area contributed by atoms with E-state index in [1.54, 1.807) is 6.92 Å². The van der Waals surface area contributed by atoms with Crippen molar-refractivity contribution in [2.24, 2.45) is 23.2 Å². The quantitative estimate of drug-likeness (QED) is 0.413. The fourth-order valence-electron chi connectivity index (χ4n) is 6.33. The minimum absolute atomic E-state index is 0.103. The van der Waals surface area contributed by atoms with Gasteiger partial charge in [-0.2, -0.15) is 0 Å². The van der Waals surface area contributed by atoms with E-state index in [0.29, 0.717) is 18.4 Å². The minimum Gasteiger partial charge on any atom is -0.458 e. The number of ether oxygens (including phenoxy) is 2. The lowest BCUT2D eigenvalue weighted by molar-refractivity contribution is -0.215. The van der Waals surface area contributed by atoms with Gasteiger partial charge in [-0.1, -0.05) is 40.7 Å². The molecule has 0 saturated heterocycles. The molecule has 2 fully saturated rings. The first-order valence-corrected chi connectivity index (χ1v) is 11.6. The molecule has 7 nitrogen and oxygen atoms in total. The summed E-state index contributed by atoms with van der Waals surface area (Å²) in [5.41, 5.74) is -2.29. The highest BCUT2D eigenvalue weighted by Crippen LogP contribution is 2.76. The third kappa shape index (κ3) is 3.72. The first-order chi connectivity index (χ1) is 14.5. The summed E-state index contributed by atoms with van der Waals surface area (Å²) in [4.78, 5) is 25.2.